The molecule has 0 aromatic carbocycles. The van der Waals surface area contributed by atoms with E-state index in [1.54, 1.807) is 46.4 Å². The average Bonchev–Trinajstić information content (AvgIpc) is 3.51. The molecule has 4 rings (SSSR count). The molecule has 1 aromatic rings. The molecule has 3 saturated heterocycles. The Morgan fingerprint density at radius 3 is 2.31 bits per heavy atom. The third kappa shape index (κ3) is 6.92. The molecule has 13 heteroatoms. The van der Waals surface area contributed by atoms with Gasteiger partial charge in [-0.1, -0.05) is 13.3 Å². The van der Waals surface area contributed by atoms with Gasteiger partial charge in [-0.3, -0.25) is 9.74 Å². The predicted molar refractivity (Wildman–Crippen MR) is 138 cm³/mol. The first kappa shape index (κ1) is 28.9. The third-order valence-electron chi connectivity index (χ3n) is 6.73. The zero-order valence-electron chi connectivity index (χ0n) is 24.1. The third-order valence-corrected chi connectivity index (χ3v) is 6.73. The van der Waals surface area contributed by atoms with E-state index >= 15 is 0 Å². The lowest BCUT2D eigenvalue weighted by Crippen LogP contribution is -2.42. The molecule has 13 nitrogen and oxygen atoms in total. The van der Waals surface area contributed by atoms with Crippen LogP contribution in [0.1, 0.15) is 104 Å². The van der Waals surface area contributed by atoms with Gasteiger partial charge in [0.25, 0.3) is 0 Å². The zero-order chi connectivity index (χ0) is 28.5. The number of unbranched alkanes of at least 4 members (excludes halogenated alkanes) is 1. The van der Waals surface area contributed by atoms with Crippen molar-refractivity contribution in [1.29, 1.82) is 0 Å². The molecule has 39 heavy (non-hydrogen) atoms. The van der Waals surface area contributed by atoms with Gasteiger partial charge in [-0.2, -0.15) is 5.06 Å². The Balaban J connectivity index is 1.49. The second-order valence-corrected chi connectivity index (χ2v) is 12.4. The maximum absolute atomic E-state index is 13.1. The number of likely N-dealkylation sites (tertiary alicyclic amines) is 1. The number of urea groups is 1. The van der Waals surface area contributed by atoms with Gasteiger partial charge >= 0.3 is 18.2 Å². The van der Waals surface area contributed by atoms with Crippen molar-refractivity contribution in [3.63, 3.8) is 0 Å². The number of ether oxygens (including phenoxy) is 2. The minimum absolute atomic E-state index is 0.00479. The van der Waals surface area contributed by atoms with Gasteiger partial charge in [-0.15, -0.1) is 10.2 Å². The number of rotatable bonds is 7. The van der Waals surface area contributed by atoms with Crippen molar-refractivity contribution in [1.82, 2.24) is 30.4 Å². The monoisotopic (exact) mass is 550 g/mol. The smallest absolute Gasteiger partial charge is 0.411 e. The summed E-state index contributed by atoms with van der Waals surface area (Å²) in [4.78, 5) is 47.6. The van der Waals surface area contributed by atoms with Gasteiger partial charge in [0.15, 0.2) is 0 Å². The first-order valence-electron chi connectivity index (χ1n) is 13.8. The maximum Gasteiger partial charge on any atom is 0.411 e. The van der Waals surface area contributed by atoms with Crippen LogP contribution in [0.4, 0.5) is 14.4 Å². The number of hydrogen-bond donors (Lipinski definition) is 1. The summed E-state index contributed by atoms with van der Waals surface area (Å²) in [6, 6.07) is -1.58. The van der Waals surface area contributed by atoms with Crippen LogP contribution in [0.5, 0.6) is 0 Å². The fourth-order valence-electron chi connectivity index (χ4n) is 5.05. The van der Waals surface area contributed by atoms with Gasteiger partial charge in [0.2, 0.25) is 11.8 Å². The molecule has 4 atom stereocenters. The van der Waals surface area contributed by atoms with Crippen molar-refractivity contribution in [2.24, 2.45) is 0 Å². The van der Waals surface area contributed by atoms with Gasteiger partial charge in [-0.05, 0) is 67.2 Å². The molecule has 0 saturated carbocycles. The lowest BCUT2D eigenvalue weighted by atomic mass is 10.0. The fourth-order valence-corrected chi connectivity index (χ4v) is 5.05. The largest absolute Gasteiger partial charge is 0.444 e. The molecule has 3 aliphatic heterocycles. The van der Waals surface area contributed by atoms with E-state index in [9.17, 15) is 14.4 Å². The summed E-state index contributed by atoms with van der Waals surface area (Å²) in [5.74, 6) is 0.550. The molecular weight excluding hydrogens is 508 g/mol. The van der Waals surface area contributed by atoms with E-state index in [2.05, 4.69) is 22.4 Å². The molecule has 3 aliphatic rings. The molecule has 4 amide bonds. The van der Waals surface area contributed by atoms with Gasteiger partial charge < -0.3 is 24.1 Å². The van der Waals surface area contributed by atoms with Crippen LogP contribution in [-0.2, 0) is 14.3 Å². The number of alkyl carbamates (subject to hydrolysis) is 1. The number of carbonyl (C=O) groups is 3. The van der Waals surface area contributed by atoms with Gasteiger partial charge in [0, 0.05) is 13.1 Å². The molecule has 4 heterocycles. The summed E-state index contributed by atoms with van der Waals surface area (Å²) < 4.78 is 17.1. The standard InChI is InChI=1S/C26H42N6O7/c1-8-9-12-36-32-17-10-11-18(30(15-17)23(32)34)20-28-29-21(37-20)19-13-16(27-22(33)38-25(2,3)4)14-31(19)24(35)39-26(5,6)7/h16-19H,8-15H2,1-7H3,(H,27,33)/t16-,17+,18+,19-/m1/s1. The highest BCUT2D eigenvalue weighted by molar-refractivity contribution is 5.77. The van der Waals surface area contributed by atoms with E-state index in [4.69, 9.17) is 18.7 Å². The number of nitrogens with zero attached hydrogens (tertiary/aromatic N) is 5. The minimum Gasteiger partial charge on any atom is -0.444 e. The Hall–Kier alpha value is -3.09. The molecule has 2 bridgehead atoms. The summed E-state index contributed by atoms with van der Waals surface area (Å²) in [6.45, 7) is 14.0. The predicted octanol–water partition coefficient (Wildman–Crippen LogP) is 4.32. The first-order valence-corrected chi connectivity index (χ1v) is 13.8. The fraction of sp³-hybridized carbons (Fsp3) is 0.808. The number of carbonyl (C=O) groups excluding carboxylic acids is 3. The summed E-state index contributed by atoms with van der Waals surface area (Å²) in [7, 11) is 0. The van der Waals surface area contributed by atoms with Crippen LogP contribution in [0.15, 0.2) is 4.42 Å². The Kier molecular flexibility index (Phi) is 8.29. The van der Waals surface area contributed by atoms with Crippen molar-refractivity contribution in [3.05, 3.63) is 11.8 Å². The second-order valence-electron chi connectivity index (χ2n) is 12.4. The number of hydrogen-bond acceptors (Lipinski definition) is 9. The molecule has 1 N–H and O–H groups in total. The molecule has 0 unspecified atom stereocenters. The number of nitrogens with one attached hydrogen (secondary N) is 1. The van der Waals surface area contributed by atoms with Crippen molar-refractivity contribution >= 4 is 18.2 Å². The van der Waals surface area contributed by atoms with Crippen LogP contribution < -0.4 is 5.32 Å². The molecule has 0 spiro atoms. The topological polar surface area (TPSA) is 140 Å². The summed E-state index contributed by atoms with van der Waals surface area (Å²) in [5, 5.41) is 12.9. The van der Waals surface area contributed by atoms with E-state index in [1.165, 1.54) is 9.96 Å². The Bertz CT molecular complexity index is 1050. The molecule has 0 aliphatic carbocycles. The van der Waals surface area contributed by atoms with Crippen molar-refractivity contribution in [3.8, 4) is 0 Å². The highest BCUT2D eigenvalue weighted by atomic mass is 16.7. The van der Waals surface area contributed by atoms with Crippen LogP contribution in [0.2, 0.25) is 0 Å². The zero-order valence-corrected chi connectivity index (χ0v) is 24.1. The van der Waals surface area contributed by atoms with Gasteiger partial charge in [0.05, 0.1) is 18.7 Å². The normalized spacial score (nSPS) is 25.3. The van der Waals surface area contributed by atoms with Crippen LogP contribution in [0, 0.1) is 0 Å². The molecule has 3 fully saturated rings. The maximum atomic E-state index is 13.1. The summed E-state index contributed by atoms with van der Waals surface area (Å²) in [5.41, 5.74) is -1.37. The Labute approximate surface area is 229 Å². The lowest BCUT2D eigenvalue weighted by Gasteiger charge is -2.28. The van der Waals surface area contributed by atoms with Crippen LogP contribution >= 0.6 is 0 Å². The van der Waals surface area contributed by atoms with E-state index < -0.39 is 35.5 Å². The minimum atomic E-state index is -0.710. The lowest BCUT2D eigenvalue weighted by molar-refractivity contribution is -0.130. The highest BCUT2D eigenvalue weighted by Crippen LogP contribution is 2.40. The summed E-state index contributed by atoms with van der Waals surface area (Å²) >= 11 is 0. The molecule has 0 radical (unpaired) electrons. The van der Waals surface area contributed by atoms with Gasteiger partial charge in [0.1, 0.15) is 23.3 Å². The van der Waals surface area contributed by atoms with Gasteiger partial charge in [-0.25, -0.2) is 14.4 Å². The van der Waals surface area contributed by atoms with E-state index in [1.807, 2.05) is 0 Å². The Morgan fingerprint density at radius 1 is 1.00 bits per heavy atom. The number of aromatic nitrogens is 2. The molecule has 218 valence electrons. The quantitative estimate of drug-likeness (QED) is 0.492. The summed E-state index contributed by atoms with van der Waals surface area (Å²) in [6.07, 6.45) is 2.51. The molecular formula is C26H42N6O7. The second kappa shape index (κ2) is 11.2. The number of amides is 4. The first-order chi connectivity index (χ1) is 18.3. The van der Waals surface area contributed by atoms with Crippen LogP contribution in [0.25, 0.3) is 0 Å². The van der Waals surface area contributed by atoms with Crippen molar-refractivity contribution < 1.29 is 33.1 Å². The van der Waals surface area contributed by atoms with Crippen molar-refractivity contribution in [2.45, 2.75) is 116 Å². The number of fused-ring (bicyclic) bond motifs is 2. The van der Waals surface area contributed by atoms with Crippen molar-refractivity contribution in [2.75, 3.05) is 19.7 Å². The van der Waals surface area contributed by atoms with E-state index in [-0.39, 0.29) is 30.6 Å². The number of piperidine rings is 1. The van der Waals surface area contributed by atoms with E-state index in [0.717, 1.165) is 19.3 Å². The highest BCUT2D eigenvalue weighted by Gasteiger charge is 2.48. The van der Waals surface area contributed by atoms with Crippen LogP contribution in [0.3, 0.4) is 0 Å². The SMILES string of the molecule is CCCCON1C(=O)N2C[C@@H]1CC[C@H]2c1nnc([C@H]2C[C@@H](NC(=O)OC(C)(C)C)CN2C(=O)OC(C)(C)C)o1. The number of hydroxylamine groups is 2. The average molecular weight is 551 g/mol. The molecule has 1 aromatic heterocycles. The van der Waals surface area contributed by atoms with Crippen LogP contribution in [-0.4, -0.2) is 86.3 Å². The Morgan fingerprint density at radius 2 is 1.67 bits per heavy atom. The van der Waals surface area contributed by atoms with E-state index in [0.29, 0.717) is 31.9 Å².